The van der Waals surface area contributed by atoms with E-state index >= 15 is 0 Å². The van der Waals surface area contributed by atoms with E-state index in [2.05, 4.69) is 40.7 Å². The zero-order valence-electron chi connectivity index (χ0n) is 23.9. The van der Waals surface area contributed by atoms with Gasteiger partial charge in [-0.2, -0.15) is 5.10 Å². The SMILES string of the molecule is Cc1nc2c(Oc3ccc(CC(=O)Cc4cc(C(C)(C)C)nn4-c4ccccc4)c4ncccc34)ccnc2[nH]c1=O. The van der Waals surface area contributed by atoms with Gasteiger partial charge < -0.3 is 9.72 Å². The van der Waals surface area contributed by atoms with E-state index in [4.69, 9.17) is 9.84 Å². The van der Waals surface area contributed by atoms with Crippen LogP contribution in [0.1, 0.15) is 43.4 Å². The van der Waals surface area contributed by atoms with Gasteiger partial charge in [0, 0.05) is 42.1 Å². The van der Waals surface area contributed by atoms with Gasteiger partial charge in [-0.05, 0) is 48.9 Å². The number of hydrogen-bond acceptors (Lipinski definition) is 7. The Balaban J connectivity index is 1.31. The largest absolute Gasteiger partial charge is 0.454 e. The van der Waals surface area contributed by atoms with Gasteiger partial charge in [0.05, 0.1) is 22.6 Å². The van der Waals surface area contributed by atoms with Gasteiger partial charge in [-0.1, -0.05) is 45.0 Å². The van der Waals surface area contributed by atoms with Crippen LogP contribution in [-0.2, 0) is 23.1 Å². The Morgan fingerprint density at radius 2 is 1.71 bits per heavy atom. The molecule has 0 aliphatic rings. The summed E-state index contributed by atoms with van der Waals surface area (Å²) in [5.74, 6) is 1.07. The summed E-state index contributed by atoms with van der Waals surface area (Å²) in [5, 5.41) is 5.61. The van der Waals surface area contributed by atoms with Crippen molar-refractivity contribution in [2.24, 2.45) is 0 Å². The lowest BCUT2D eigenvalue weighted by atomic mass is 9.92. The van der Waals surface area contributed by atoms with Gasteiger partial charge in [-0.25, -0.2) is 14.6 Å². The smallest absolute Gasteiger partial charge is 0.270 e. The lowest BCUT2D eigenvalue weighted by Gasteiger charge is -2.14. The van der Waals surface area contributed by atoms with E-state index in [9.17, 15) is 9.59 Å². The highest BCUT2D eigenvalue weighted by Crippen LogP contribution is 2.33. The molecule has 0 aliphatic carbocycles. The molecular weight excluding hydrogens is 528 g/mol. The number of para-hydroxylation sites is 1. The fraction of sp³-hybridized carbons (Fsp3) is 0.212. The van der Waals surface area contributed by atoms with Gasteiger partial charge in [-0.15, -0.1) is 0 Å². The van der Waals surface area contributed by atoms with Crippen LogP contribution in [0.2, 0.25) is 0 Å². The number of carbonyl (C=O) groups excluding carboxylic acids is 1. The molecular formula is C33H30N6O3. The lowest BCUT2D eigenvalue weighted by Crippen LogP contribution is -2.13. The summed E-state index contributed by atoms with van der Waals surface area (Å²) in [6, 6.07) is 21.1. The van der Waals surface area contributed by atoms with Crippen LogP contribution in [0, 0.1) is 6.92 Å². The molecule has 6 aromatic rings. The van der Waals surface area contributed by atoms with Crippen molar-refractivity contribution < 1.29 is 9.53 Å². The van der Waals surface area contributed by atoms with E-state index < -0.39 is 0 Å². The maximum absolute atomic E-state index is 13.5. The molecule has 0 atom stereocenters. The van der Waals surface area contributed by atoms with Crippen molar-refractivity contribution in [3.05, 3.63) is 112 Å². The molecule has 0 fully saturated rings. The van der Waals surface area contributed by atoms with Crippen molar-refractivity contribution >= 4 is 27.9 Å². The summed E-state index contributed by atoms with van der Waals surface area (Å²) >= 11 is 0. The molecule has 0 aliphatic heterocycles. The Bertz CT molecular complexity index is 2000. The number of nitrogens with zero attached hydrogens (tertiary/aromatic N) is 5. The fourth-order valence-corrected chi connectivity index (χ4v) is 4.87. The first kappa shape index (κ1) is 27.0. The third kappa shape index (κ3) is 5.28. The summed E-state index contributed by atoms with van der Waals surface area (Å²) in [6.45, 7) is 7.98. The zero-order chi connectivity index (χ0) is 29.4. The molecule has 0 amide bonds. The highest BCUT2D eigenvalue weighted by molar-refractivity contribution is 5.93. The number of aromatic amines is 1. The Hall–Kier alpha value is -5.18. The molecule has 42 heavy (non-hydrogen) atoms. The van der Waals surface area contributed by atoms with Crippen LogP contribution in [-0.4, -0.2) is 35.5 Å². The number of fused-ring (bicyclic) bond motifs is 2. The monoisotopic (exact) mass is 558 g/mol. The molecule has 0 radical (unpaired) electrons. The quantitative estimate of drug-likeness (QED) is 0.263. The summed E-state index contributed by atoms with van der Waals surface area (Å²) < 4.78 is 8.16. The molecule has 1 N–H and O–H groups in total. The topological polar surface area (TPSA) is 116 Å². The summed E-state index contributed by atoms with van der Waals surface area (Å²) in [6.07, 6.45) is 3.70. The molecule has 0 bridgehead atoms. The minimum Gasteiger partial charge on any atom is -0.454 e. The first-order valence-corrected chi connectivity index (χ1v) is 13.7. The van der Waals surface area contributed by atoms with Crippen molar-refractivity contribution in [2.75, 3.05) is 0 Å². The number of aromatic nitrogens is 6. The number of H-pyrrole nitrogens is 1. The number of rotatable bonds is 7. The molecule has 2 aromatic carbocycles. The number of pyridine rings is 2. The molecule has 4 aromatic heterocycles. The normalized spacial score (nSPS) is 11.7. The second kappa shape index (κ2) is 10.7. The second-order valence-electron chi connectivity index (χ2n) is 11.3. The van der Waals surface area contributed by atoms with E-state index in [1.165, 1.54) is 0 Å². The van der Waals surface area contributed by atoms with Crippen molar-refractivity contribution in [1.82, 2.24) is 29.7 Å². The summed E-state index contributed by atoms with van der Waals surface area (Å²) in [5.41, 5.74) is 4.86. The lowest BCUT2D eigenvalue weighted by molar-refractivity contribution is -0.117. The molecule has 0 saturated carbocycles. The number of aryl methyl sites for hydroxylation is 1. The molecule has 4 heterocycles. The van der Waals surface area contributed by atoms with Gasteiger partial charge in [0.2, 0.25) is 0 Å². The minimum absolute atomic E-state index is 0.0527. The van der Waals surface area contributed by atoms with Crippen molar-refractivity contribution in [2.45, 2.75) is 46.0 Å². The van der Waals surface area contributed by atoms with Crippen LogP contribution in [0.25, 0.3) is 27.8 Å². The maximum atomic E-state index is 13.5. The van der Waals surface area contributed by atoms with E-state index in [1.54, 1.807) is 25.4 Å². The molecule has 0 unspecified atom stereocenters. The second-order valence-corrected chi connectivity index (χ2v) is 11.3. The van der Waals surface area contributed by atoms with E-state index in [1.807, 2.05) is 65.3 Å². The third-order valence-electron chi connectivity index (χ3n) is 7.08. The number of hydrogen-bond donors (Lipinski definition) is 1. The average Bonchev–Trinajstić information content (AvgIpc) is 3.40. The first-order chi connectivity index (χ1) is 20.2. The molecule has 9 nitrogen and oxygen atoms in total. The van der Waals surface area contributed by atoms with Crippen LogP contribution in [0.5, 0.6) is 11.5 Å². The van der Waals surface area contributed by atoms with Crippen molar-refractivity contribution in [3.8, 4) is 17.2 Å². The molecule has 9 heteroatoms. The molecule has 210 valence electrons. The van der Waals surface area contributed by atoms with Crippen LogP contribution < -0.4 is 10.3 Å². The summed E-state index contributed by atoms with van der Waals surface area (Å²) in [7, 11) is 0. The standard InChI is InChI=1S/C33H30N6O3/c1-20-32(41)37-31-30(36-20)27(14-16-35-31)42-26-13-12-21(29-25(26)11-8-15-34-29)17-24(40)18-23-19-28(33(2,3)4)38-39(23)22-9-6-5-7-10-22/h5-16,19H,17-18H2,1-4H3,(H,35,37,41). The number of carbonyl (C=O) groups is 1. The Labute approximate surface area is 242 Å². The summed E-state index contributed by atoms with van der Waals surface area (Å²) in [4.78, 5) is 41.5. The highest BCUT2D eigenvalue weighted by atomic mass is 16.5. The third-order valence-corrected chi connectivity index (χ3v) is 7.08. The highest BCUT2D eigenvalue weighted by Gasteiger charge is 2.22. The van der Waals surface area contributed by atoms with Gasteiger partial charge in [0.1, 0.15) is 22.7 Å². The molecule has 0 saturated heterocycles. The van der Waals surface area contributed by atoms with Crippen LogP contribution in [0.3, 0.4) is 0 Å². The van der Waals surface area contributed by atoms with Crippen molar-refractivity contribution in [1.29, 1.82) is 0 Å². The Morgan fingerprint density at radius 3 is 2.50 bits per heavy atom. The van der Waals surface area contributed by atoms with Gasteiger partial charge in [0.25, 0.3) is 5.56 Å². The molecule has 6 rings (SSSR count). The number of Topliss-reactive ketones (excluding diaryl/α,β-unsaturated/α-hetero) is 1. The zero-order valence-corrected chi connectivity index (χ0v) is 23.9. The van der Waals surface area contributed by atoms with E-state index in [0.717, 1.165) is 28.0 Å². The number of ether oxygens (including phenoxy) is 1. The first-order valence-electron chi connectivity index (χ1n) is 13.7. The predicted molar refractivity (Wildman–Crippen MR) is 161 cm³/mol. The Morgan fingerprint density at radius 1 is 0.905 bits per heavy atom. The maximum Gasteiger partial charge on any atom is 0.270 e. The van der Waals surface area contributed by atoms with E-state index in [-0.39, 0.29) is 29.6 Å². The van der Waals surface area contributed by atoms with E-state index in [0.29, 0.717) is 33.9 Å². The van der Waals surface area contributed by atoms with Crippen LogP contribution in [0.4, 0.5) is 0 Å². The molecule has 0 spiro atoms. The van der Waals surface area contributed by atoms with Gasteiger partial charge >= 0.3 is 0 Å². The minimum atomic E-state index is -0.294. The van der Waals surface area contributed by atoms with Crippen LogP contribution >= 0.6 is 0 Å². The average molecular weight is 559 g/mol. The number of ketones is 1. The van der Waals surface area contributed by atoms with Gasteiger partial charge in [-0.3, -0.25) is 14.6 Å². The predicted octanol–water partition coefficient (Wildman–Crippen LogP) is 5.80. The Kier molecular flexibility index (Phi) is 6.86. The number of benzene rings is 2. The van der Waals surface area contributed by atoms with Gasteiger partial charge in [0.15, 0.2) is 11.4 Å². The van der Waals surface area contributed by atoms with Crippen LogP contribution in [0.15, 0.2) is 83.9 Å². The fourth-order valence-electron chi connectivity index (χ4n) is 4.87. The van der Waals surface area contributed by atoms with Crippen molar-refractivity contribution in [3.63, 3.8) is 0 Å². The number of nitrogens with one attached hydrogen (secondary N) is 1.